The number of nitrogens with two attached hydrogens (primary N) is 1. The van der Waals surface area contributed by atoms with Crippen LogP contribution in [0.4, 0.5) is 18.9 Å². The third kappa shape index (κ3) is 3.66. The minimum absolute atomic E-state index is 0.0919. The fourth-order valence-electron chi connectivity index (χ4n) is 3.59. The Hall–Kier alpha value is -2.32. The number of fused-ring (bicyclic) bond motifs is 1. The van der Waals surface area contributed by atoms with Crippen molar-refractivity contribution < 1.29 is 17.9 Å². The first-order chi connectivity index (χ1) is 13.3. The summed E-state index contributed by atoms with van der Waals surface area (Å²) < 4.78 is 48.1. The van der Waals surface area contributed by atoms with E-state index in [1.165, 1.54) is 12.1 Å². The first kappa shape index (κ1) is 19.0. The van der Waals surface area contributed by atoms with E-state index in [9.17, 15) is 13.2 Å². The SMILES string of the molecule is NC1=NC(c2cc(NC3CCc4cc(Cl)cnc43)ccc2F)C(F)(F)COC1. The molecule has 0 amide bonds. The first-order valence-corrected chi connectivity index (χ1v) is 9.19. The summed E-state index contributed by atoms with van der Waals surface area (Å²) in [5.74, 6) is -4.24. The monoisotopic (exact) mass is 410 g/mol. The molecule has 2 atom stereocenters. The summed E-state index contributed by atoms with van der Waals surface area (Å²) in [6, 6.07) is 4.01. The third-order valence-corrected chi connectivity index (χ3v) is 5.08. The van der Waals surface area contributed by atoms with Crippen molar-refractivity contribution in [3.63, 3.8) is 0 Å². The predicted octanol–water partition coefficient (Wildman–Crippen LogP) is 4.04. The number of benzene rings is 1. The maximum atomic E-state index is 14.4. The summed E-state index contributed by atoms with van der Waals surface area (Å²) in [5.41, 5.74) is 7.77. The minimum atomic E-state index is -3.38. The second-order valence-electron chi connectivity index (χ2n) is 6.95. The van der Waals surface area contributed by atoms with E-state index in [0.717, 1.165) is 30.2 Å². The van der Waals surface area contributed by atoms with E-state index in [2.05, 4.69) is 15.3 Å². The van der Waals surface area contributed by atoms with Gasteiger partial charge in [0.25, 0.3) is 5.92 Å². The number of aryl methyl sites for hydroxylation is 1. The predicted molar refractivity (Wildman–Crippen MR) is 100 cm³/mol. The molecule has 2 heterocycles. The van der Waals surface area contributed by atoms with Gasteiger partial charge >= 0.3 is 0 Å². The minimum Gasteiger partial charge on any atom is -0.386 e. The molecule has 1 aliphatic carbocycles. The van der Waals surface area contributed by atoms with Crippen molar-refractivity contribution >= 4 is 23.1 Å². The number of halogens is 4. The van der Waals surface area contributed by atoms with Crippen LogP contribution in [0, 0.1) is 5.82 Å². The zero-order valence-corrected chi connectivity index (χ0v) is 15.5. The Kier molecular flexibility index (Phi) is 4.93. The Morgan fingerprint density at radius 1 is 1.29 bits per heavy atom. The number of rotatable bonds is 3. The topological polar surface area (TPSA) is 72.5 Å². The number of pyridine rings is 1. The van der Waals surface area contributed by atoms with Gasteiger partial charge in [-0.2, -0.15) is 0 Å². The van der Waals surface area contributed by atoms with Crippen LogP contribution < -0.4 is 11.1 Å². The molecular weight excluding hydrogens is 393 g/mol. The molecule has 0 bridgehead atoms. The summed E-state index contributed by atoms with van der Waals surface area (Å²) in [6.07, 6.45) is 3.14. The van der Waals surface area contributed by atoms with Crippen LogP contribution >= 0.6 is 11.6 Å². The largest absolute Gasteiger partial charge is 0.386 e. The summed E-state index contributed by atoms with van der Waals surface area (Å²) in [4.78, 5) is 8.17. The van der Waals surface area contributed by atoms with E-state index in [0.29, 0.717) is 10.7 Å². The van der Waals surface area contributed by atoms with Crippen molar-refractivity contribution in [1.29, 1.82) is 0 Å². The Morgan fingerprint density at radius 3 is 2.93 bits per heavy atom. The summed E-state index contributed by atoms with van der Waals surface area (Å²) >= 11 is 5.98. The highest BCUT2D eigenvalue weighted by Gasteiger charge is 2.44. The lowest BCUT2D eigenvalue weighted by Gasteiger charge is -2.23. The van der Waals surface area contributed by atoms with Crippen molar-refractivity contribution in [2.75, 3.05) is 18.5 Å². The smallest absolute Gasteiger partial charge is 0.297 e. The van der Waals surface area contributed by atoms with Crippen molar-refractivity contribution in [3.05, 3.63) is 58.1 Å². The van der Waals surface area contributed by atoms with E-state index in [1.807, 2.05) is 6.07 Å². The van der Waals surface area contributed by atoms with E-state index >= 15 is 0 Å². The lowest BCUT2D eigenvalue weighted by atomic mass is 10.00. The molecule has 3 N–H and O–H groups in total. The standard InChI is InChI=1S/C19H18ClF3N4O/c20-11-5-10-1-4-15(17(10)25-7-11)26-12-2-3-14(21)13(6-12)18-19(22,23)9-28-8-16(24)27-18/h2-3,5-7,15,18,26H,1,4,8-9H2,(H2,24,27). The van der Waals surface area contributed by atoms with Gasteiger partial charge in [0.15, 0.2) is 0 Å². The third-order valence-electron chi connectivity index (χ3n) is 4.87. The van der Waals surface area contributed by atoms with Gasteiger partial charge in [-0.15, -0.1) is 0 Å². The molecule has 0 fully saturated rings. The number of anilines is 1. The Balaban J connectivity index is 1.64. The second kappa shape index (κ2) is 7.25. The molecule has 0 saturated heterocycles. The molecule has 0 radical (unpaired) electrons. The number of aromatic nitrogens is 1. The quantitative estimate of drug-likeness (QED) is 0.801. The van der Waals surface area contributed by atoms with Gasteiger partial charge in [-0.3, -0.25) is 9.98 Å². The van der Waals surface area contributed by atoms with Crippen molar-refractivity contribution in [2.24, 2.45) is 10.7 Å². The van der Waals surface area contributed by atoms with Crippen LogP contribution in [0.15, 0.2) is 35.5 Å². The number of hydrogen-bond donors (Lipinski definition) is 2. The molecule has 5 nitrogen and oxygen atoms in total. The number of ether oxygens (including phenoxy) is 1. The molecule has 148 valence electrons. The van der Waals surface area contributed by atoms with Crippen LogP contribution in [0.1, 0.15) is 35.3 Å². The fraction of sp³-hybridized carbons (Fsp3) is 0.368. The number of alkyl halides is 2. The summed E-state index contributed by atoms with van der Waals surface area (Å²) in [6.45, 7) is -1.08. The van der Waals surface area contributed by atoms with E-state index < -0.39 is 24.4 Å². The second-order valence-corrected chi connectivity index (χ2v) is 7.38. The Morgan fingerprint density at radius 2 is 2.11 bits per heavy atom. The highest BCUT2D eigenvalue weighted by Crippen LogP contribution is 2.39. The van der Waals surface area contributed by atoms with Crippen LogP contribution in [0.25, 0.3) is 0 Å². The molecule has 0 spiro atoms. The van der Waals surface area contributed by atoms with Gasteiger partial charge in [-0.05, 0) is 42.7 Å². The number of amidine groups is 1. The molecule has 28 heavy (non-hydrogen) atoms. The van der Waals surface area contributed by atoms with Crippen molar-refractivity contribution in [2.45, 2.75) is 30.8 Å². The number of aliphatic imine (C=N–C) groups is 1. The van der Waals surface area contributed by atoms with E-state index in [-0.39, 0.29) is 24.0 Å². The van der Waals surface area contributed by atoms with Gasteiger partial charge in [0.1, 0.15) is 30.9 Å². The lowest BCUT2D eigenvalue weighted by molar-refractivity contribution is -0.0831. The highest BCUT2D eigenvalue weighted by molar-refractivity contribution is 6.30. The molecular formula is C19H18ClF3N4O. The normalized spacial score (nSPS) is 23.6. The van der Waals surface area contributed by atoms with Gasteiger partial charge in [0, 0.05) is 17.4 Å². The van der Waals surface area contributed by atoms with Crippen LogP contribution in [0.2, 0.25) is 5.02 Å². The van der Waals surface area contributed by atoms with Gasteiger partial charge in [-0.1, -0.05) is 11.6 Å². The molecule has 0 saturated carbocycles. The van der Waals surface area contributed by atoms with Crippen LogP contribution in [-0.4, -0.2) is 30.0 Å². The molecule has 9 heteroatoms. The molecule has 2 aliphatic rings. The van der Waals surface area contributed by atoms with Gasteiger partial charge in [-0.25, -0.2) is 13.2 Å². The lowest BCUT2D eigenvalue weighted by Crippen LogP contribution is -2.30. The zero-order chi connectivity index (χ0) is 19.9. The van der Waals surface area contributed by atoms with Crippen molar-refractivity contribution in [3.8, 4) is 0 Å². The Bertz CT molecular complexity index is 937. The molecule has 2 unspecified atom stereocenters. The average Bonchev–Trinajstić information content (AvgIpc) is 2.96. The molecule has 1 aliphatic heterocycles. The van der Waals surface area contributed by atoms with Crippen LogP contribution in [-0.2, 0) is 11.2 Å². The maximum absolute atomic E-state index is 14.4. The number of nitrogens with one attached hydrogen (secondary N) is 1. The van der Waals surface area contributed by atoms with E-state index in [4.69, 9.17) is 22.1 Å². The van der Waals surface area contributed by atoms with Crippen LogP contribution in [0.5, 0.6) is 0 Å². The van der Waals surface area contributed by atoms with Gasteiger partial charge in [0.2, 0.25) is 0 Å². The maximum Gasteiger partial charge on any atom is 0.297 e. The van der Waals surface area contributed by atoms with Gasteiger partial charge < -0.3 is 15.8 Å². The average molecular weight is 411 g/mol. The number of hydrogen-bond acceptors (Lipinski definition) is 5. The number of nitrogens with zero attached hydrogens (tertiary/aromatic N) is 2. The highest BCUT2D eigenvalue weighted by atomic mass is 35.5. The Labute approximate surface area is 164 Å². The van der Waals surface area contributed by atoms with E-state index in [1.54, 1.807) is 6.20 Å². The van der Waals surface area contributed by atoms with Gasteiger partial charge in [0.05, 0.1) is 16.8 Å². The molecule has 1 aromatic carbocycles. The summed E-state index contributed by atoms with van der Waals surface area (Å²) in [5, 5.41) is 3.82. The first-order valence-electron chi connectivity index (χ1n) is 8.81. The molecule has 4 rings (SSSR count). The molecule has 2 aromatic rings. The van der Waals surface area contributed by atoms with Crippen molar-refractivity contribution in [1.82, 2.24) is 4.98 Å². The fourth-order valence-corrected chi connectivity index (χ4v) is 3.77. The summed E-state index contributed by atoms with van der Waals surface area (Å²) in [7, 11) is 0. The molecule has 1 aromatic heterocycles. The van der Waals surface area contributed by atoms with Crippen LogP contribution in [0.3, 0.4) is 0 Å². The zero-order valence-electron chi connectivity index (χ0n) is 14.8.